The average molecular weight is 175 g/mol. The van der Waals surface area contributed by atoms with Gasteiger partial charge in [-0.05, 0) is 24.3 Å². The number of nitrogens with zero attached hydrogens (tertiary/aromatic N) is 3. The largest absolute Gasteiger partial charge is 0.324 e. The van der Waals surface area contributed by atoms with Crippen molar-refractivity contribution in [3.63, 3.8) is 0 Å². The van der Waals surface area contributed by atoms with Gasteiger partial charge in [0, 0.05) is 5.69 Å². The van der Waals surface area contributed by atoms with E-state index in [1.807, 2.05) is 24.3 Å². The van der Waals surface area contributed by atoms with E-state index in [1.165, 1.54) is 0 Å². The van der Waals surface area contributed by atoms with Crippen LogP contribution in [0.4, 0.5) is 5.69 Å². The third-order valence-electron chi connectivity index (χ3n) is 1.72. The van der Waals surface area contributed by atoms with Gasteiger partial charge in [-0.2, -0.15) is 0 Å². The van der Waals surface area contributed by atoms with Gasteiger partial charge >= 0.3 is 0 Å². The average Bonchev–Trinajstić information content (AvgIpc) is 2.71. The van der Waals surface area contributed by atoms with Crippen LogP contribution in [0.5, 0.6) is 0 Å². The summed E-state index contributed by atoms with van der Waals surface area (Å²) in [6.07, 6.45) is 3.42. The molecule has 1 aromatic heterocycles. The molecule has 2 rings (SSSR count). The summed E-state index contributed by atoms with van der Waals surface area (Å²) in [6, 6.07) is 7.56. The summed E-state index contributed by atoms with van der Waals surface area (Å²) in [5.41, 5.74) is 4.37. The second-order valence-corrected chi connectivity index (χ2v) is 2.54. The molecule has 3 N–H and O–H groups in total. The number of nitrogens with one attached hydrogen (secondary N) is 1. The van der Waals surface area contributed by atoms with Crippen LogP contribution in [0, 0.1) is 0 Å². The summed E-state index contributed by atoms with van der Waals surface area (Å²) in [4.78, 5) is 0. The fraction of sp³-hybridized carbons (Fsp3) is 0. The number of nitrogen functional groups attached to an aromatic ring is 1. The Hall–Kier alpha value is -1.88. The molecule has 1 heterocycles. The highest BCUT2D eigenvalue weighted by Gasteiger charge is 1.95. The van der Waals surface area contributed by atoms with Gasteiger partial charge in [-0.25, -0.2) is 4.68 Å². The highest BCUT2D eigenvalue weighted by molar-refractivity contribution is 5.47. The molecule has 13 heavy (non-hydrogen) atoms. The normalized spacial score (nSPS) is 9.92. The van der Waals surface area contributed by atoms with Crippen molar-refractivity contribution in [2.75, 3.05) is 5.43 Å². The SMILES string of the molecule is NNc1ccc(-n2ccnn2)cc1. The van der Waals surface area contributed by atoms with Crippen molar-refractivity contribution in [3.8, 4) is 5.69 Å². The van der Waals surface area contributed by atoms with E-state index in [-0.39, 0.29) is 0 Å². The zero-order valence-corrected chi connectivity index (χ0v) is 6.88. The van der Waals surface area contributed by atoms with Crippen LogP contribution in [-0.4, -0.2) is 15.0 Å². The van der Waals surface area contributed by atoms with Gasteiger partial charge in [0.2, 0.25) is 0 Å². The maximum atomic E-state index is 5.23. The highest BCUT2D eigenvalue weighted by Crippen LogP contribution is 2.10. The van der Waals surface area contributed by atoms with Crippen LogP contribution in [0.25, 0.3) is 5.69 Å². The molecule has 0 atom stereocenters. The van der Waals surface area contributed by atoms with Crippen molar-refractivity contribution in [1.29, 1.82) is 0 Å². The number of nitrogens with two attached hydrogens (primary N) is 1. The molecule has 0 aliphatic carbocycles. The van der Waals surface area contributed by atoms with Crippen molar-refractivity contribution in [2.24, 2.45) is 5.84 Å². The molecule has 0 amide bonds. The van der Waals surface area contributed by atoms with Crippen LogP contribution in [0.2, 0.25) is 0 Å². The molecule has 5 nitrogen and oxygen atoms in total. The van der Waals surface area contributed by atoms with E-state index in [0.29, 0.717) is 0 Å². The van der Waals surface area contributed by atoms with Crippen LogP contribution < -0.4 is 11.3 Å². The Morgan fingerprint density at radius 2 is 2.00 bits per heavy atom. The number of hydrogen-bond donors (Lipinski definition) is 2. The Balaban J connectivity index is 2.33. The van der Waals surface area contributed by atoms with E-state index < -0.39 is 0 Å². The molecular formula is C8H9N5. The first-order chi connectivity index (χ1) is 6.40. The quantitative estimate of drug-likeness (QED) is 0.516. The summed E-state index contributed by atoms with van der Waals surface area (Å²) < 4.78 is 1.68. The second kappa shape index (κ2) is 3.24. The maximum Gasteiger partial charge on any atom is 0.0697 e. The van der Waals surface area contributed by atoms with E-state index >= 15 is 0 Å². The number of anilines is 1. The molecular weight excluding hydrogens is 166 g/mol. The molecule has 0 bridgehead atoms. The molecule has 2 aromatic rings. The molecule has 0 saturated heterocycles. The van der Waals surface area contributed by atoms with Gasteiger partial charge in [0.25, 0.3) is 0 Å². The first-order valence-corrected chi connectivity index (χ1v) is 3.83. The van der Waals surface area contributed by atoms with Crippen molar-refractivity contribution in [2.45, 2.75) is 0 Å². The van der Waals surface area contributed by atoms with E-state index in [2.05, 4.69) is 15.7 Å². The number of benzene rings is 1. The fourth-order valence-corrected chi connectivity index (χ4v) is 1.06. The summed E-state index contributed by atoms with van der Waals surface area (Å²) in [5.74, 6) is 5.23. The van der Waals surface area contributed by atoms with Crippen LogP contribution in [0.3, 0.4) is 0 Å². The predicted octanol–water partition coefficient (Wildman–Crippen LogP) is 0.553. The van der Waals surface area contributed by atoms with Gasteiger partial charge in [-0.3, -0.25) is 5.84 Å². The molecule has 0 aliphatic rings. The van der Waals surface area contributed by atoms with Gasteiger partial charge in [0.05, 0.1) is 18.1 Å². The number of hydrogen-bond acceptors (Lipinski definition) is 4. The molecule has 5 heteroatoms. The Labute approximate surface area is 75.1 Å². The van der Waals surface area contributed by atoms with Gasteiger partial charge in [0.15, 0.2) is 0 Å². The standard InChI is InChI=1S/C8H9N5/c9-11-7-1-3-8(4-2-7)13-6-5-10-12-13/h1-6,11H,9H2. The number of hydrazine groups is 1. The highest BCUT2D eigenvalue weighted by atomic mass is 15.4. The monoisotopic (exact) mass is 175 g/mol. The molecule has 0 unspecified atom stereocenters. The third-order valence-corrected chi connectivity index (χ3v) is 1.72. The molecule has 0 fully saturated rings. The van der Waals surface area contributed by atoms with Gasteiger partial charge in [-0.1, -0.05) is 5.21 Å². The molecule has 0 spiro atoms. The summed E-state index contributed by atoms with van der Waals surface area (Å²) in [5, 5.41) is 7.57. The Morgan fingerprint density at radius 1 is 1.23 bits per heavy atom. The molecule has 1 aromatic carbocycles. The van der Waals surface area contributed by atoms with Crippen molar-refractivity contribution < 1.29 is 0 Å². The summed E-state index contributed by atoms with van der Waals surface area (Å²) in [6.45, 7) is 0. The van der Waals surface area contributed by atoms with Crippen LogP contribution in [-0.2, 0) is 0 Å². The van der Waals surface area contributed by atoms with Crippen LogP contribution >= 0.6 is 0 Å². The van der Waals surface area contributed by atoms with Gasteiger partial charge in [-0.15, -0.1) is 5.10 Å². The lowest BCUT2D eigenvalue weighted by Crippen LogP contribution is -2.06. The molecule has 0 aliphatic heterocycles. The Morgan fingerprint density at radius 3 is 2.54 bits per heavy atom. The second-order valence-electron chi connectivity index (χ2n) is 2.54. The lowest BCUT2D eigenvalue weighted by atomic mass is 10.3. The van der Waals surface area contributed by atoms with Crippen molar-refractivity contribution in [3.05, 3.63) is 36.7 Å². The van der Waals surface area contributed by atoms with Gasteiger partial charge in [0.1, 0.15) is 0 Å². The maximum absolute atomic E-state index is 5.23. The Kier molecular flexibility index (Phi) is 1.93. The summed E-state index contributed by atoms with van der Waals surface area (Å²) >= 11 is 0. The minimum Gasteiger partial charge on any atom is -0.324 e. The van der Waals surface area contributed by atoms with Crippen LogP contribution in [0.1, 0.15) is 0 Å². The lowest BCUT2D eigenvalue weighted by Gasteiger charge is -2.01. The lowest BCUT2D eigenvalue weighted by molar-refractivity contribution is 0.803. The predicted molar refractivity (Wildman–Crippen MR) is 49.2 cm³/mol. The topological polar surface area (TPSA) is 68.8 Å². The Bertz CT molecular complexity index is 364. The van der Waals surface area contributed by atoms with E-state index in [1.54, 1.807) is 17.1 Å². The van der Waals surface area contributed by atoms with Gasteiger partial charge < -0.3 is 5.43 Å². The van der Waals surface area contributed by atoms with Crippen LogP contribution in [0.15, 0.2) is 36.7 Å². The molecule has 0 saturated carbocycles. The third kappa shape index (κ3) is 1.50. The number of rotatable bonds is 2. The van der Waals surface area contributed by atoms with E-state index in [9.17, 15) is 0 Å². The minimum atomic E-state index is 0.865. The molecule has 66 valence electrons. The van der Waals surface area contributed by atoms with Crippen molar-refractivity contribution >= 4 is 5.69 Å². The van der Waals surface area contributed by atoms with Crippen molar-refractivity contribution in [1.82, 2.24) is 15.0 Å². The summed E-state index contributed by atoms with van der Waals surface area (Å²) in [7, 11) is 0. The first kappa shape index (κ1) is 7.75. The fourth-order valence-electron chi connectivity index (χ4n) is 1.06. The zero-order chi connectivity index (χ0) is 9.10. The smallest absolute Gasteiger partial charge is 0.0697 e. The number of aromatic nitrogens is 3. The molecule has 0 radical (unpaired) electrons. The zero-order valence-electron chi connectivity index (χ0n) is 6.88. The van der Waals surface area contributed by atoms with E-state index in [0.717, 1.165) is 11.4 Å². The minimum absolute atomic E-state index is 0.865. The first-order valence-electron chi connectivity index (χ1n) is 3.83. The van der Waals surface area contributed by atoms with E-state index in [4.69, 9.17) is 5.84 Å².